The number of nitrogens with zero attached hydrogens (tertiary/aromatic N) is 5. The maximum atomic E-state index is 11.6. The van der Waals surface area contributed by atoms with Gasteiger partial charge in [0.25, 0.3) is 0 Å². The number of benzene rings is 2. The number of aliphatic imine (C=N–C) groups is 2. The van der Waals surface area contributed by atoms with E-state index in [2.05, 4.69) is 88.1 Å². The van der Waals surface area contributed by atoms with Crippen LogP contribution in [-0.4, -0.2) is 94.8 Å². The molecule has 5 rings (SSSR count). The Morgan fingerprint density at radius 3 is 2.09 bits per heavy atom. The maximum Gasteiger partial charge on any atom is 0.350 e. The zero-order valence-corrected chi connectivity index (χ0v) is 30.4. The van der Waals surface area contributed by atoms with Crippen LogP contribution in [0, 0.1) is 6.92 Å². The second kappa shape index (κ2) is 14.4. The number of hydrogen-bond donors (Lipinski definition) is 2. The van der Waals surface area contributed by atoms with Gasteiger partial charge in [-0.25, -0.2) is 0 Å². The van der Waals surface area contributed by atoms with Gasteiger partial charge in [0.2, 0.25) is 0 Å². The quantitative estimate of drug-likeness (QED) is 0.236. The van der Waals surface area contributed by atoms with Crippen LogP contribution in [0.3, 0.4) is 0 Å². The van der Waals surface area contributed by atoms with Crippen LogP contribution in [0.5, 0.6) is 11.5 Å². The average Bonchev–Trinajstić information content (AvgIpc) is 3.01. The van der Waals surface area contributed by atoms with Gasteiger partial charge in [0.05, 0.1) is 51.9 Å². The van der Waals surface area contributed by atoms with Gasteiger partial charge in [0.15, 0.2) is 0 Å². The highest BCUT2D eigenvalue weighted by Gasteiger charge is 2.34. The largest absolute Gasteiger partial charge is 0.507 e. The van der Waals surface area contributed by atoms with Crippen LogP contribution < -0.4 is 0 Å². The average molecular weight is 643 g/mol. The number of rotatable bonds is 8. The van der Waals surface area contributed by atoms with Crippen molar-refractivity contribution in [3.05, 3.63) is 57.6 Å². The third kappa shape index (κ3) is 8.39. The van der Waals surface area contributed by atoms with Crippen molar-refractivity contribution < 1.29 is 14.8 Å². The number of aryl methyl sites for hydroxylation is 2. The number of fused-ring (bicyclic) bond motifs is 1. The van der Waals surface area contributed by atoms with Crippen LogP contribution in [0.1, 0.15) is 120 Å². The summed E-state index contributed by atoms with van der Waals surface area (Å²) in [5.74, 6) is 2.07. The molecule has 1 saturated heterocycles. The van der Waals surface area contributed by atoms with Crippen molar-refractivity contribution in [1.29, 1.82) is 0 Å². The van der Waals surface area contributed by atoms with E-state index in [1.165, 1.54) is 24.4 Å². The predicted octanol–water partition coefficient (Wildman–Crippen LogP) is 7.19. The van der Waals surface area contributed by atoms with Gasteiger partial charge in [0.1, 0.15) is 11.5 Å². The highest BCUT2D eigenvalue weighted by molar-refractivity contribution is 5.86. The first kappa shape index (κ1) is 35.0. The first-order chi connectivity index (χ1) is 22.2. The number of guanidine groups is 1. The molecule has 0 bridgehead atoms. The third-order valence-corrected chi connectivity index (χ3v) is 10.2. The molecule has 3 aliphatic rings. The van der Waals surface area contributed by atoms with E-state index in [0.29, 0.717) is 11.5 Å². The summed E-state index contributed by atoms with van der Waals surface area (Å²) in [6.07, 6.45) is 12.2. The molecule has 0 spiro atoms. The highest BCUT2D eigenvalue weighted by atomic mass is 16.3. The zero-order valence-electron chi connectivity index (χ0n) is 30.4. The van der Waals surface area contributed by atoms with E-state index in [0.717, 1.165) is 99.1 Å². The second-order valence-electron chi connectivity index (χ2n) is 16.3. The van der Waals surface area contributed by atoms with E-state index in [1.807, 2.05) is 18.5 Å². The number of aromatic hydroxyl groups is 2. The molecule has 2 N–H and O–H groups in total. The summed E-state index contributed by atoms with van der Waals surface area (Å²) in [6, 6.07) is 8.51. The monoisotopic (exact) mass is 642 g/mol. The molecule has 0 radical (unpaired) electrons. The smallest absolute Gasteiger partial charge is 0.350 e. The fourth-order valence-electron chi connectivity index (χ4n) is 7.53. The minimum absolute atomic E-state index is 0.0432. The predicted molar refractivity (Wildman–Crippen MR) is 196 cm³/mol. The summed E-state index contributed by atoms with van der Waals surface area (Å²) < 4.78 is 2.42. The lowest BCUT2D eigenvalue weighted by molar-refractivity contribution is -0.515. The summed E-state index contributed by atoms with van der Waals surface area (Å²) >= 11 is 0. The molecule has 2 atom stereocenters. The molecule has 0 aromatic heterocycles. The summed E-state index contributed by atoms with van der Waals surface area (Å²) in [4.78, 5) is 15.2. The Bertz CT molecular complexity index is 1510. The van der Waals surface area contributed by atoms with Crippen molar-refractivity contribution in [3.8, 4) is 11.5 Å². The number of phenols is 2. The summed E-state index contributed by atoms with van der Waals surface area (Å²) in [5.41, 5.74) is 5.68. The Kier molecular flexibility index (Phi) is 10.7. The third-order valence-electron chi connectivity index (χ3n) is 10.2. The molecule has 0 amide bonds. The molecule has 1 saturated carbocycles. The molecule has 7 heteroatoms. The highest BCUT2D eigenvalue weighted by Crippen LogP contribution is 2.35. The van der Waals surface area contributed by atoms with Crippen molar-refractivity contribution in [2.75, 3.05) is 39.8 Å². The Hall–Kier alpha value is -3.35. The van der Waals surface area contributed by atoms with Crippen LogP contribution in [0.2, 0.25) is 0 Å². The van der Waals surface area contributed by atoms with E-state index in [4.69, 9.17) is 9.98 Å². The molecular weight excluding hydrogens is 582 g/mol. The zero-order chi connectivity index (χ0) is 33.9. The van der Waals surface area contributed by atoms with E-state index in [1.54, 1.807) is 0 Å². The van der Waals surface area contributed by atoms with E-state index in [9.17, 15) is 10.2 Å². The molecule has 2 aromatic carbocycles. The normalized spacial score (nSPS) is 21.3. The molecule has 2 fully saturated rings. The van der Waals surface area contributed by atoms with Crippen molar-refractivity contribution in [2.24, 2.45) is 9.98 Å². The van der Waals surface area contributed by atoms with Crippen molar-refractivity contribution >= 4 is 18.4 Å². The number of hydrogen-bond acceptors (Lipinski definition) is 6. The topological polar surface area (TPSA) is 74.7 Å². The van der Waals surface area contributed by atoms with Gasteiger partial charge >= 0.3 is 5.96 Å². The van der Waals surface area contributed by atoms with Gasteiger partial charge < -0.3 is 10.2 Å². The Labute approximate surface area is 284 Å². The van der Waals surface area contributed by atoms with Gasteiger partial charge in [0, 0.05) is 42.0 Å². The standard InChI is InChI=1S/C40H59N5O2/c1-28-22-30(37(47)33(23-28)40(5,6)7)26-41-34-15-9-10-16-35(34)42-27-31-25-32(39(2,3)4)24-29(36(31)46)14-11-18-44-20-13-21-45-19-12-17-43(8)38(44)45/h22-27,34-35H,9-21H2,1-8H3,(H-,41,42,46,47)/p+1. The molecular formula is C40H60N5O2+. The van der Waals surface area contributed by atoms with Crippen LogP contribution in [0.15, 0.2) is 34.3 Å². The molecule has 47 heavy (non-hydrogen) atoms. The second-order valence-corrected chi connectivity index (χ2v) is 16.3. The summed E-state index contributed by atoms with van der Waals surface area (Å²) in [6.45, 7) is 20.7. The lowest BCUT2D eigenvalue weighted by Crippen LogP contribution is -2.57. The minimum atomic E-state index is -0.154. The van der Waals surface area contributed by atoms with Crippen molar-refractivity contribution in [2.45, 2.75) is 123 Å². The van der Waals surface area contributed by atoms with Gasteiger partial charge in [-0.15, -0.1) is 0 Å². The van der Waals surface area contributed by atoms with E-state index < -0.39 is 0 Å². The fraction of sp³-hybridized carbons (Fsp3) is 0.625. The fourth-order valence-corrected chi connectivity index (χ4v) is 7.53. The van der Waals surface area contributed by atoms with Gasteiger partial charge in [-0.05, 0) is 72.3 Å². The lowest BCUT2D eigenvalue weighted by atomic mass is 9.84. The number of phenolic OH excluding ortho intramolecular Hbond substituents is 2. The van der Waals surface area contributed by atoms with Gasteiger partial charge in [-0.1, -0.05) is 66.5 Å². The summed E-state index contributed by atoms with van der Waals surface area (Å²) in [5, 5.41) is 22.6. The first-order valence-electron chi connectivity index (χ1n) is 18.1. The minimum Gasteiger partial charge on any atom is -0.507 e. The molecule has 2 aliphatic heterocycles. The maximum absolute atomic E-state index is 11.6. The molecule has 2 aromatic rings. The molecule has 2 heterocycles. The Morgan fingerprint density at radius 1 is 0.809 bits per heavy atom. The lowest BCUT2D eigenvalue weighted by Gasteiger charge is -2.36. The van der Waals surface area contributed by atoms with Gasteiger partial charge in [-0.3, -0.25) is 24.4 Å². The van der Waals surface area contributed by atoms with Crippen molar-refractivity contribution in [3.63, 3.8) is 0 Å². The van der Waals surface area contributed by atoms with Crippen LogP contribution in [0.4, 0.5) is 0 Å². The molecule has 7 nitrogen and oxygen atoms in total. The van der Waals surface area contributed by atoms with Crippen LogP contribution in [-0.2, 0) is 17.3 Å². The molecule has 1 aliphatic carbocycles. The van der Waals surface area contributed by atoms with Crippen LogP contribution >= 0.6 is 0 Å². The van der Waals surface area contributed by atoms with E-state index in [-0.39, 0.29) is 22.9 Å². The Balaban J connectivity index is 1.34. The van der Waals surface area contributed by atoms with E-state index >= 15 is 0 Å². The molecule has 256 valence electrons. The Morgan fingerprint density at radius 2 is 1.45 bits per heavy atom. The SMILES string of the molecule is Cc1cc(C=NC2CCCCC2N=Cc2cc(C(C)(C)C)cc(CCCN3CCCN4CCC[N+](C)=C34)c2O)c(O)c(C(C)(C)C)c1. The summed E-state index contributed by atoms with van der Waals surface area (Å²) in [7, 11) is 2.22. The van der Waals surface area contributed by atoms with Gasteiger partial charge in [-0.2, -0.15) is 0 Å². The van der Waals surface area contributed by atoms with Crippen LogP contribution in [0.25, 0.3) is 0 Å². The van der Waals surface area contributed by atoms with Crippen molar-refractivity contribution in [1.82, 2.24) is 9.80 Å². The molecule has 2 unspecified atom stereocenters. The first-order valence-corrected chi connectivity index (χ1v) is 18.1.